The minimum atomic E-state index is -0.362. The molecule has 3 rings (SSSR count). The first-order valence-electron chi connectivity index (χ1n) is 9.10. The van der Waals surface area contributed by atoms with Crippen LogP contribution < -0.4 is 4.90 Å². The average molecular weight is 389 g/mol. The zero-order chi connectivity index (χ0) is 19.2. The molecule has 1 amide bonds. The SMILES string of the molecule is O=C(CCCC(=O)N1CCN(c2cccc(Cl)c2)CC1)c1ccc(F)cc1. The van der Waals surface area contributed by atoms with E-state index in [1.54, 1.807) is 0 Å². The predicted molar refractivity (Wildman–Crippen MR) is 105 cm³/mol. The Morgan fingerprint density at radius 3 is 2.33 bits per heavy atom. The molecule has 1 heterocycles. The molecule has 4 nitrogen and oxygen atoms in total. The van der Waals surface area contributed by atoms with Gasteiger partial charge in [-0.1, -0.05) is 17.7 Å². The van der Waals surface area contributed by atoms with E-state index in [0.29, 0.717) is 42.9 Å². The van der Waals surface area contributed by atoms with Crippen LogP contribution in [0.4, 0.5) is 10.1 Å². The van der Waals surface area contributed by atoms with Crippen LogP contribution in [0.25, 0.3) is 0 Å². The van der Waals surface area contributed by atoms with Crippen LogP contribution in [0.2, 0.25) is 5.02 Å². The van der Waals surface area contributed by atoms with Crippen LogP contribution in [0.3, 0.4) is 0 Å². The van der Waals surface area contributed by atoms with Gasteiger partial charge in [0.2, 0.25) is 5.91 Å². The zero-order valence-corrected chi connectivity index (χ0v) is 15.8. The van der Waals surface area contributed by atoms with E-state index >= 15 is 0 Å². The van der Waals surface area contributed by atoms with E-state index in [-0.39, 0.29) is 17.5 Å². The highest BCUT2D eigenvalue weighted by molar-refractivity contribution is 6.30. The van der Waals surface area contributed by atoms with E-state index in [1.807, 2.05) is 29.2 Å². The van der Waals surface area contributed by atoms with Crippen LogP contribution in [0.5, 0.6) is 0 Å². The monoisotopic (exact) mass is 388 g/mol. The number of carbonyl (C=O) groups is 2. The van der Waals surface area contributed by atoms with Gasteiger partial charge in [-0.15, -0.1) is 0 Å². The lowest BCUT2D eigenvalue weighted by atomic mass is 10.1. The second-order valence-electron chi connectivity index (χ2n) is 6.63. The van der Waals surface area contributed by atoms with Gasteiger partial charge in [-0.05, 0) is 48.9 Å². The Kier molecular flexibility index (Phi) is 6.45. The van der Waals surface area contributed by atoms with Crippen molar-refractivity contribution in [2.24, 2.45) is 0 Å². The van der Waals surface area contributed by atoms with Gasteiger partial charge in [0.1, 0.15) is 5.82 Å². The number of Topliss-reactive ketones (excluding diaryl/α,β-unsaturated/α-hetero) is 1. The van der Waals surface area contributed by atoms with Gasteiger partial charge in [0.25, 0.3) is 0 Å². The van der Waals surface area contributed by atoms with Crippen LogP contribution in [-0.2, 0) is 4.79 Å². The molecule has 2 aromatic rings. The third-order valence-electron chi connectivity index (χ3n) is 4.77. The lowest BCUT2D eigenvalue weighted by molar-refractivity contribution is -0.131. The first-order valence-corrected chi connectivity index (χ1v) is 9.48. The van der Waals surface area contributed by atoms with Crippen molar-refractivity contribution in [3.8, 4) is 0 Å². The smallest absolute Gasteiger partial charge is 0.222 e. The second kappa shape index (κ2) is 9.00. The summed E-state index contributed by atoms with van der Waals surface area (Å²) in [5, 5.41) is 0.705. The third-order valence-corrected chi connectivity index (χ3v) is 5.00. The van der Waals surface area contributed by atoms with Crippen molar-refractivity contribution in [1.82, 2.24) is 4.90 Å². The number of halogens is 2. The van der Waals surface area contributed by atoms with Gasteiger partial charge in [-0.3, -0.25) is 9.59 Å². The Bertz CT molecular complexity index is 802. The Labute approximate surface area is 163 Å². The maximum atomic E-state index is 12.9. The number of anilines is 1. The Morgan fingerprint density at radius 1 is 0.963 bits per heavy atom. The Balaban J connectivity index is 1.42. The molecule has 0 aromatic heterocycles. The molecule has 0 bridgehead atoms. The molecule has 1 aliphatic heterocycles. The molecule has 1 aliphatic rings. The van der Waals surface area contributed by atoms with Gasteiger partial charge in [0.05, 0.1) is 0 Å². The fourth-order valence-corrected chi connectivity index (χ4v) is 3.41. The lowest BCUT2D eigenvalue weighted by Gasteiger charge is -2.36. The van der Waals surface area contributed by atoms with Crippen LogP contribution in [0.15, 0.2) is 48.5 Å². The summed E-state index contributed by atoms with van der Waals surface area (Å²) < 4.78 is 12.9. The van der Waals surface area contributed by atoms with Gasteiger partial charge in [0.15, 0.2) is 5.78 Å². The molecule has 0 saturated carbocycles. The molecular weight excluding hydrogens is 367 g/mol. The molecule has 0 aliphatic carbocycles. The maximum absolute atomic E-state index is 12.9. The predicted octanol–water partition coefficient (Wildman–Crippen LogP) is 4.18. The van der Waals surface area contributed by atoms with E-state index in [4.69, 9.17) is 11.6 Å². The van der Waals surface area contributed by atoms with Crippen molar-refractivity contribution in [3.63, 3.8) is 0 Å². The van der Waals surface area contributed by atoms with Crippen molar-refractivity contribution in [2.45, 2.75) is 19.3 Å². The molecule has 0 N–H and O–H groups in total. The number of ketones is 1. The summed E-state index contributed by atoms with van der Waals surface area (Å²) in [7, 11) is 0. The highest BCUT2D eigenvalue weighted by Gasteiger charge is 2.21. The van der Waals surface area contributed by atoms with Gasteiger partial charge in [-0.25, -0.2) is 4.39 Å². The molecule has 142 valence electrons. The number of hydrogen-bond acceptors (Lipinski definition) is 3. The summed E-state index contributed by atoms with van der Waals surface area (Å²) in [5.41, 5.74) is 1.55. The van der Waals surface area contributed by atoms with Crippen molar-refractivity contribution in [2.75, 3.05) is 31.1 Å². The quantitative estimate of drug-likeness (QED) is 0.697. The molecule has 2 aromatic carbocycles. The van der Waals surface area contributed by atoms with Crippen LogP contribution >= 0.6 is 11.6 Å². The largest absolute Gasteiger partial charge is 0.368 e. The topological polar surface area (TPSA) is 40.6 Å². The lowest BCUT2D eigenvalue weighted by Crippen LogP contribution is -2.48. The fraction of sp³-hybridized carbons (Fsp3) is 0.333. The highest BCUT2D eigenvalue weighted by Crippen LogP contribution is 2.21. The molecule has 6 heteroatoms. The number of benzene rings is 2. The number of hydrogen-bond donors (Lipinski definition) is 0. The number of amides is 1. The summed E-state index contributed by atoms with van der Waals surface area (Å²) in [4.78, 5) is 28.5. The normalized spacial score (nSPS) is 14.3. The minimum absolute atomic E-state index is 0.0615. The number of nitrogens with zero attached hydrogens (tertiary/aromatic N) is 2. The summed E-state index contributed by atoms with van der Waals surface area (Å²) in [5.74, 6) is -0.347. The van der Waals surface area contributed by atoms with E-state index in [2.05, 4.69) is 4.90 Å². The first kappa shape index (κ1) is 19.4. The molecule has 0 radical (unpaired) electrons. The van der Waals surface area contributed by atoms with Crippen LogP contribution in [0, 0.1) is 5.82 Å². The number of carbonyl (C=O) groups excluding carboxylic acids is 2. The summed E-state index contributed by atoms with van der Waals surface area (Å²) in [6.07, 6.45) is 1.15. The van der Waals surface area contributed by atoms with Crippen LogP contribution in [-0.4, -0.2) is 42.8 Å². The molecule has 1 saturated heterocycles. The highest BCUT2D eigenvalue weighted by atomic mass is 35.5. The molecular formula is C21H22ClFN2O2. The number of rotatable bonds is 6. The molecule has 27 heavy (non-hydrogen) atoms. The van der Waals surface area contributed by atoms with E-state index in [1.165, 1.54) is 24.3 Å². The molecule has 0 unspecified atom stereocenters. The summed E-state index contributed by atoms with van der Waals surface area (Å²) in [6, 6.07) is 13.2. The maximum Gasteiger partial charge on any atom is 0.222 e. The first-order chi connectivity index (χ1) is 13.0. The summed E-state index contributed by atoms with van der Waals surface area (Å²) >= 11 is 6.04. The van der Waals surface area contributed by atoms with Crippen molar-refractivity contribution in [3.05, 3.63) is 64.9 Å². The van der Waals surface area contributed by atoms with Gasteiger partial charge in [-0.2, -0.15) is 0 Å². The van der Waals surface area contributed by atoms with Crippen molar-refractivity contribution in [1.29, 1.82) is 0 Å². The van der Waals surface area contributed by atoms with Crippen LogP contribution in [0.1, 0.15) is 29.6 Å². The number of piperazine rings is 1. The standard InChI is InChI=1S/C21H22ClFN2O2/c22-17-3-1-4-19(15-17)24-11-13-25(14-12-24)21(27)6-2-5-20(26)16-7-9-18(23)10-8-16/h1,3-4,7-10,15H,2,5-6,11-14H2. The van der Waals surface area contributed by atoms with Gasteiger partial charge >= 0.3 is 0 Å². The molecule has 0 spiro atoms. The average Bonchev–Trinajstić information content (AvgIpc) is 2.68. The van der Waals surface area contributed by atoms with Gasteiger partial charge < -0.3 is 9.80 Å². The van der Waals surface area contributed by atoms with E-state index < -0.39 is 0 Å². The third kappa shape index (κ3) is 5.30. The van der Waals surface area contributed by atoms with E-state index in [9.17, 15) is 14.0 Å². The van der Waals surface area contributed by atoms with Gasteiger partial charge in [0, 0.05) is 55.3 Å². The van der Waals surface area contributed by atoms with E-state index in [0.717, 1.165) is 18.8 Å². The summed E-state index contributed by atoms with van der Waals surface area (Å²) in [6.45, 7) is 2.86. The Morgan fingerprint density at radius 2 is 1.67 bits per heavy atom. The van der Waals surface area contributed by atoms with Crippen molar-refractivity contribution >= 4 is 29.0 Å². The zero-order valence-electron chi connectivity index (χ0n) is 15.0. The Hall–Kier alpha value is -2.40. The molecule has 0 atom stereocenters. The van der Waals surface area contributed by atoms with Crippen molar-refractivity contribution < 1.29 is 14.0 Å². The minimum Gasteiger partial charge on any atom is -0.368 e. The fourth-order valence-electron chi connectivity index (χ4n) is 3.23. The second-order valence-corrected chi connectivity index (χ2v) is 7.07. The molecule has 1 fully saturated rings.